The summed E-state index contributed by atoms with van der Waals surface area (Å²) in [6.45, 7) is 4.48. The van der Waals surface area contributed by atoms with Gasteiger partial charge in [0.1, 0.15) is 0 Å². The molecule has 1 saturated heterocycles. The molecule has 2 fully saturated rings. The minimum atomic E-state index is -3.02. The van der Waals surface area contributed by atoms with Crippen LogP contribution in [0.5, 0.6) is 0 Å². The smallest absolute Gasteiger partial charge is 0.216 e. The number of rotatable bonds is 4. The highest BCUT2D eigenvalue weighted by Gasteiger charge is 2.34. The van der Waals surface area contributed by atoms with Crippen molar-refractivity contribution in [1.29, 1.82) is 0 Å². The first-order valence-corrected chi connectivity index (χ1v) is 8.87. The van der Waals surface area contributed by atoms with Gasteiger partial charge in [-0.05, 0) is 32.2 Å². The van der Waals surface area contributed by atoms with E-state index in [1.165, 1.54) is 6.42 Å². The third-order valence-corrected chi connectivity index (χ3v) is 6.68. The first-order chi connectivity index (χ1) is 8.64. The zero-order valence-electron chi connectivity index (χ0n) is 11.4. The molecule has 0 spiro atoms. The van der Waals surface area contributed by atoms with Crippen molar-refractivity contribution in [3.63, 3.8) is 0 Å². The predicted octanol–water partition coefficient (Wildman–Crippen LogP) is 1.72. The lowest BCUT2D eigenvalue weighted by Gasteiger charge is -2.35. The summed E-state index contributed by atoms with van der Waals surface area (Å²) >= 11 is 0. The molecule has 2 aliphatic rings. The third-order valence-electron chi connectivity index (χ3n) is 4.28. The SMILES string of the molecule is CCNC1CCN(S(=O)(=O)C2CCCCC2)CC1. The van der Waals surface area contributed by atoms with Gasteiger partial charge in [0.2, 0.25) is 10.0 Å². The Balaban J connectivity index is 1.91. The van der Waals surface area contributed by atoms with Crippen LogP contribution >= 0.6 is 0 Å². The van der Waals surface area contributed by atoms with Gasteiger partial charge < -0.3 is 5.32 Å². The summed E-state index contributed by atoms with van der Waals surface area (Å²) in [5.41, 5.74) is 0. The predicted molar refractivity (Wildman–Crippen MR) is 74.1 cm³/mol. The van der Waals surface area contributed by atoms with E-state index in [4.69, 9.17) is 0 Å². The van der Waals surface area contributed by atoms with E-state index in [1.54, 1.807) is 4.31 Å². The van der Waals surface area contributed by atoms with E-state index in [1.807, 2.05) is 0 Å². The van der Waals surface area contributed by atoms with E-state index in [0.29, 0.717) is 19.1 Å². The zero-order chi connectivity index (χ0) is 13.0. The van der Waals surface area contributed by atoms with Crippen LogP contribution in [0.2, 0.25) is 0 Å². The number of sulfonamides is 1. The molecule has 0 atom stereocenters. The maximum absolute atomic E-state index is 12.5. The van der Waals surface area contributed by atoms with E-state index < -0.39 is 10.0 Å². The second-order valence-electron chi connectivity index (χ2n) is 5.54. The highest BCUT2D eigenvalue weighted by Crippen LogP contribution is 2.27. The first-order valence-electron chi connectivity index (χ1n) is 7.37. The molecule has 2 rings (SSSR count). The molecule has 106 valence electrons. The van der Waals surface area contributed by atoms with Crippen molar-refractivity contribution >= 4 is 10.0 Å². The molecule has 1 aliphatic carbocycles. The third kappa shape index (κ3) is 3.25. The van der Waals surface area contributed by atoms with Gasteiger partial charge in [0.25, 0.3) is 0 Å². The highest BCUT2D eigenvalue weighted by atomic mass is 32.2. The maximum atomic E-state index is 12.5. The molecule has 5 heteroatoms. The molecular weight excluding hydrogens is 248 g/mol. The van der Waals surface area contributed by atoms with Crippen LogP contribution in [-0.4, -0.2) is 43.6 Å². The Morgan fingerprint density at radius 1 is 1.06 bits per heavy atom. The Hall–Kier alpha value is -0.130. The normalized spacial score (nSPS) is 25.4. The molecule has 1 aliphatic heterocycles. The Kier molecular flexibility index (Phi) is 5.04. The fourth-order valence-corrected chi connectivity index (χ4v) is 5.25. The van der Waals surface area contributed by atoms with Crippen LogP contribution in [0.1, 0.15) is 51.9 Å². The summed E-state index contributed by atoms with van der Waals surface area (Å²) in [4.78, 5) is 0. The minimum absolute atomic E-state index is 0.0954. The largest absolute Gasteiger partial charge is 0.314 e. The van der Waals surface area contributed by atoms with Crippen molar-refractivity contribution in [1.82, 2.24) is 9.62 Å². The van der Waals surface area contributed by atoms with Gasteiger partial charge in [-0.15, -0.1) is 0 Å². The molecule has 0 amide bonds. The summed E-state index contributed by atoms with van der Waals surface area (Å²) in [5.74, 6) is 0. The molecule has 0 radical (unpaired) electrons. The summed E-state index contributed by atoms with van der Waals surface area (Å²) in [5, 5.41) is 3.32. The molecule has 0 aromatic heterocycles. The molecule has 0 aromatic carbocycles. The molecule has 4 nitrogen and oxygen atoms in total. The van der Waals surface area contributed by atoms with Gasteiger partial charge in [0, 0.05) is 19.1 Å². The summed E-state index contributed by atoms with van der Waals surface area (Å²) in [7, 11) is -3.02. The van der Waals surface area contributed by atoms with E-state index in [-0.39, 0.29) is 5.25 Å². The van der Waals surface area contributed by atoms with Gasteiger partial charge in [-0.1, -0.05) is 26.2 Å². The van der Waals surface area contributed by atoms with Gasteiger partial charge in [-0.25, -0.2) is 12.7 Å². The minimum Gasteiger partial charge on any atom is -0.314 e. The molecule has 1 N–H and O–H groups in total. The van der Waals surface area contributed by atoms with Crippen molar-refractivity contribution < 1.29 is 8.42 Å². The molecule has 1 heterocycles. The lowest BCUT2D eigenvalue weighted by molar-refractivity contribution is 0.286. The fourth-order valence-electron chi connectivity index (χ4n) is 3.18. The second kappa shape index (κ2) is 6.35. The van der Waals surface area contributed by atoms with Gasteiger partial charge in [-0.3, -0.25) is 0 Å². The Labute approximate surface area is 111 Å². The molecule has 0 aromatic rings. The Morgan fingerprint density at radius 2 is 1.67 bits per heavy atom. The highest BCUT2D eigenvalue weighted by molar-refractivity contribution is 7.89. The van der Waals surface area contributed by atoms with Crippen LogP contribution in [0.15, 0.2) is 0 Å². The Morgan fingerprint density at radius 3 is 2.22 bits per heavy atom. The topological polar surface area (TPSA) is 49.4 Å². The monoisotopic (exact) mass is 274 g/mol. The van der Waals surface area contributed by atoms with E-state index in [9.17, 15) is 8.42 Å². The average Bonchev–Trinajstić information content (AvgIpc) is 2.41. The van der Waals surface area contributed by atoms with Gasteiger partial charge in [0.05, 0.1) is 5.25 Å². The van der Waals surface area contributed by atoms with Crippen LogP contribution in [-0.2, 0) is 10.0 Å². The number of hydrogen-bond acceptors (Lipinski definition) is 3. The van der Waals surface area contributed by atoms with E-state index in [0.717, 1.165) is 45.1 Å². The molecule has 0 bridgehead atoms. The van der Waals surface area contributed by atoms with Crippen LogP contribution in [0, 0.1) is 0 Å². The number of nitrogens with zero attached hydrogens (tertiary/aromatic N) is 1. The number of hydrogen-bond donors (Lipinski definition) is 1. The average molecular weight is 274 g/mol. The molecule has 0 unspecified atom stereocenters. The number of piperidine rings is 1. The van der Waals surface area contributed by atoms with Crippen molar-refractivity contribution in [3.05, 3.63) is 0 Å². The summed E-state index contributed by atoms with van der Waals surface area (Å²) < 4.78 is 26.8. The van der Waals surface area contributed by atoms with Crippen molar-refractivity contribution in [3.8, 4) is 0 Å². The maximum Gasteiger partial charge on any atom is 0.216 e. The lowest BCUT2D eigenvalue weighted by atomic mass is 10.0. The quantitative estimate of drug-likeness (QED) is 0.849. The van der Waals surface area contributed by atoms with Crippen LogP contribution < -0.4 is 5.32 Å². The lowest BCUT2D eigenvalue weighted by Crippen LogP contribution is -2.48. The van der Waals surface area contributed by atoms with Crippen molar-refractivity contribution in [2.75, 3.05) is 19.6 Å². The molecular formula is C13H26N2O2S. The van der Waals surface area contributed by atoms with E-state index in [2.05, 4.69) is 12.2 Å². The van der Waals surface area contributed by atoms with E-state index >= 15 is 0 Å². The Bertz CT molecular complexity index is 342. The zero-order valence-corrected chi connectivity index (χ0v) is 12.2. The fraction of sp³-hybridized carbons (Fsp3) is 1.00. The van der Waals surface area contributed by atoms with Gasteiger partial charge in [-0.2, -0.15) is 0 Å². The van der Waals surface area contributed by atoms with Crippen LogP contribution in [0.4, 0.5) is 0 Å². The second-order valence-corrected chi connectivity index (χ2v) is 7.75. The van der Waals surface area contributed by atoms with Crippen LogP contribution in [0.25, 0.3) is 0 Å². The summed E-state index contributed by atoms with van der Waals surface area (Å²) in [6.07, 6.45) is 7.02. The standard InChI is InChI=1S/C13H26N2O2S/c1-2-14-12-8-10-15(11-9-12)18(16,17)13-6-4-3-5-7-13/h12-14H,2-11H2,1H3. The molecule has 18 heavy (non-hydrogen) atoms. The van der Waals surface area contributed by atoms with Crippen molar-refractivity contribution in [2.45, 2.75) is 63.2 Å². The van der Waals surface area contributed by atoms with Gasteiger partial charge in [0.15, 0.2) is 0 Å². The van der Waals surface area contributed by atoms with Crippen LogP contribution in [0.3, 0.4) is 0 Å². The first kappa shape index (κ1) is 14.3. The molecule has 1 saturated carbocycles. The number of nitrogens with one attached hydrogen (secondary N) is 1. The van der Waals surface area contributed by atoms with Crippen molar-refractivity contribution in [2.24, 2.45) is 0 Å². The summed E-state index contributed by atoms with van der Waals surface area (Å²) in [6, 6.07) is 0.507. The van der Waals surface area contributed by atoms with Gasteiger partial charge >= 0.3 is 0 Å².